The third kappa shape index (κ3) is 7.06. The van der Waals surface area contributed by atoms with Crippen molar-refractivity contribution in [1.29, 1.82) is 0 Å². The molecular weight excluding hydrogens is 448 g/mol. The van der Waals surface area contributed by atoms with Crippen LogP contribution in [-0.4, -0.2) is 78.8 Å². The van der Waals surface area contributed by atoms with Crippen molar-refractivity contribution in [3.63, 3.8) is 0 Å². The second kappa shape index (κ2) is 10.8. The van der Waals surface area contributed by atoms with Crippen molar-refractivity contribution in [1.82, 2.24) is 20.5 Å². The highest BCUT2D eigenvalue weighted by Crippen LogP contribution is 2.26. The van der Waals surface area contributed by atoms with Crippen LogP contribution >= 0.6 is 0 Å². The molecular formula is C25H38N6O4. The van der Waals surface area contributed by atoms with E-state index in [-0.39, 0.29) is 24.1 Å². The highest BCUT2D eigenvalue weighted by molar-refractivity contribution is 6.05. The molecule has 1 aromatic heterocycles. The average Bonchev–Trinajstić information content (AvgIpc) is 2.80. The summed E-state index contributed by atoms with van der Waals surface area (Å²) in [6.07, 6.45) is 5.96. The largest absolute Gasteiger partial charge is 0.444 e. The fraction of sp³-hybridized carbons (Fsp3) is 0.680. The predicted molar refractivity (Wildman–Crippen MR) is 134 cm³/mol. The summed E-state index contributed by atoms with van der Waals surface area (Å²) in [4.78, 5) is 46.3. The zero-order chi connectivity index (χ0) is 25.0. The SMILES string of the molecule is CC(C)(C)OC(=O)NC1CCC(CN2CCN(c3ccc(N4CCC(=O)NC4=O)cn3)CC2)CC1. The van der Waals surface area contributed by atoms with E-state index in [1.165, 1.54) is 0 Å². The number of nitrogens with zero attached hydrogens (tertiary/aromatic N) is 4. The van der Waals surface area contributed by atoms with Crippen LogP contribution in [0.2, 0.25) is 0 Å². The summed E-state index contributed by atoms with van der Waals surface area (Å²) in [5, 5.41) is 5.37. The van der Waals surface area contributed by atoms with Crippen molar-refractivity contribution in [2.45, 2.75) is 64.5 Å². The number of hydrogen-bond acceptors (Lipinski definition) is 7. The molecule has 1 aliphatic carbocycles. The van der Waals surface area contributed by atoms with E-state index < -0.39 is 5.60 Å². The van der Waals surface area contributed by atoms with Gasteiger partial charge in [-0.15, -0.1) is 0 Å². The second-order valence-corrected chi connectivity index (χ2v) is 10.8. The molecule has 0 atom stereocenters. The smallest absolute Gasteiger partial charge is 0.407 e. The predicted octanol–water partition coefficient (Wildman–Crippen LogP) is 2.73. The minimum atomic E-state index is -0.466. The zero-order valence-corrected chi connectivity index (χ0v) is 21.1. The Bertz CT molecular complexity index is 900. The van der Waals surface area contributed by atoms with Crippen LogP contribution in [0.3, 0.4) is 0 Å². The highest BCUT2D eigenvalue weighted by Gasteiger charge is 2.28. The van der Waals surface area contributed by atoms with Gasteiger partial charge in [0.2, 0.25) is 5.91 Å². The normalized spacial score (nSPS) is 24.2. The van der Waals surface area contributed by atoms with Gasteiger partial charge in [-0.05, 0) is 64.5 Å². The fourth-order valence-electron chi connectivity index (χ4n) is 5.02. The lowest BCUT2D eigenvalue weighted by molar-refractivity contribution is -0.120. The Morgan fingerprint density at radius 3 is 2.40 bits per heavy atom. The molecule has 1 aromatic rings. The van der Waals surface area contributed by atoms with E-state index in [1.54, 1.807) is 11.1 Å². The van der Waals surface area contributed by atoms with Crippen molar-refractivity contribution < 1.29 is 19.1 Å². The van der Waals surface area contributed by atoms with Gasteiger partial charge < -0.3 is 15.0 Å². The second-order valence-electron chi connectivity index (χ2n) is 10.8. The van der Waals surface area contributed by atoms with E-state index in [9.17, 15) is 14.4 Å². The van der Waals surface area contributed by atoms with Crippen LogP contribution in [0.4, 0.5) is 21.1 Å². The molecule has 2 saturated heterocycles. The quantitative estimate of drug-likeness (QED) is 0.659. The summed E-state index contributed by atoms with van der Waals surface area (Å²) in [5.41, 5.74) is 0.237. The number of carbonyl (C=O) groups excluding carboxylic acids is 3. The van der Waals surface area contributed by atoms with Crippen molar-refractivity contribution in [2.24, 2.45) is 5.92 Å². The summed E-state index contributed by atoms with van der Waals surface area (Å²) in [5.74, 6) is 1.34. The van der Waals surface area contributed by atoms with Gasteiger partial charge in [-0.2, -0.15) is 0 Å². The molecule has 1 saturated carbocycles. The number of pyridine rings is 1. The molecule has 0 bridgehead atoms. The van der Waals surface area contributed by atoms with Gasteiger partial charge in [0.05, 0.1) is 11.9 Å². The van der Waals surface area contributed by atoms with Gasteiger partial charge in [0.25, 0.3) is 0 Å². The molecule has 0 unspecified atom stereocenters. The van der Waals surface area contributed by atoms with Crippen LogP contribution in [0, 0.1) is 5.92 Å². The van der Waals surface area contributed by atoms with Crippen LogP contribution in [0.25, 0.3) is 0 Å². The lowest BCUT2D eigenvalue weighted by Crippen LogP contribution is -2.50. The van der Waals surface area contributed by atoms with Gasteiger partial charge >= 0.3 is 12.1 Å². The Kier molecular flexibility index (Phi) is 7.78. The number of nitrogens with one attached hydrogen (secondary N) is 2. The summed E-state index contributed by atoms with van der Waals surface area (Å²) < 4.78 is 5.38. The van der Waals surface area contributed by atoms with Crippen LogP contribution in [0.5, 0.6) is 0 Å². The molecule has 192 valence electrons. The number of aromatic nitrogens is 1. The Labute approximate surface area is 207 Å². The Morgan fingerprint density at radius 1 is 1.09 bits per heavy atom. The maximum atomic E-state index is 12.0. The van der Waals surface area contributed by atoms with Gasteiger partial charge in [0.15, 0.2) is 0 Å². The van der Waals surface area contributed by atoms with E-state index in [0.717, 1.165) is 64.2 Å². The van der Waals surface area contributed by atoms with Crippen molar-refractivity contribution in [3.8, 4) is 0 Å². The number of alkyl carbamates (subject to hydrolysis) is 1. The lowest BCUT2D eigenvalue weighted by atomic mass is 9.85. The molecule has 4 amide bonds. The van der Waals surface area contributed by atoms with E-state index >= 15 is 0 Å². The van der Waals surface area contributed by atoms with Gasteiger partial charge in [-0.3, -0.25) is 19.9 Å². The maximum Gasteiger partial charge on any atom is 0.407 e. The van der Waals surface area contributed by atoms with Crippen molar-refractivity contribution in [3.05, 3.63) is 18.3 Å². The van der Waals surface area contributed by atoms with Gasteiger partial charge in [0.1, 0.15) is 11.4 Å². The first-order valence-electron chi connectivity index (χ1n) is 12.7. The number of carbonyl (C=O) groups is 3. The number of ether oxygens (including phenoxy) is 1. The monoisotopic (exact) mass is 486 g/mol. The Balaban J connectivity index is 1.18. The topological polar surface area (TPSA) is 107 Å². The number of urea groups is 1. The molecule has 10 nitrogen and oxygen atoms in total. The molecule has 10 heteroatoms. The standard InChI is InChI=1S/C25H38N6O4/c1-25(2,3)35-24(34)27-19-6-4-18(5-7-19)17-29-12-14-30(15-13-29)21-9-8-20(16-26-21)31-11-10-22(32)28-23(31)33/h8-9,16,18-19H,4-7,10-15,17H2,1-3H3,(H,27,34)(H,28,32,33). The van der Waals surface area contributed by atoms with Crippen LogP contribution < -0.4 is 20.4 Å². The third-order valence-electron chi connectivity index (χ3n) is 6.88. The number of anilines is 2. The Hall–Kier alpha value is -2.88. The minimum absolute atomic E-state index is 0.212. The van der Waals surface area contributed by atoms with E-state index in [1.807, 2.05) is 32.9 Å². The van der Waals surface area contributed by atoms with E-state index in [0.29, 0.717) is 24.6 Å². The average molecular weight is 487 g/mol. The van der Waals surface area contributed by atoms with E-state index in [2.05, 4.69) is 25.4 Å². The number of rotatable bonds is 5. The third-order valence-corrected chi connectivity index (χ3v) is 6.88. The first-order valence-corrected chi connectivity index (χ1v) is 12.7. The molecule has 0 aromatic carbocycles. The Morgan fingerprint density at radius 2 is 1.80 bits per heavy atom. The lowest BCUT2D eigenvalue weighted by Gasteiger charge is -2.38. The first-order chi connectivity index (χ1) is 16.7. The first kappa shape index (κ1) is 25.2. The van der Waals surface area contributed by atoms with Gasteiger partial charge in [-0.1, -0.05) is 0 Å². The van der Waals surface area contributed by atoms with Crippen LogP contribution in [0.1, 0.15) is 52.9 Å². The molecule has 0 radical (unpaired) electrons. The molecule has 35 heavy (non-hydrogen) atoms. The number of piperazine rings is 1. The van der Waals surface area contributed by atoms with E-state index in [4.69, 9.17) is 4.74 Å². The minimum Gasteiger partial charge on any atom is -0.444 e. The van der Waals surface area contributed by atoms with Crippen LogP contribution in [-0.2, 0) is 9.53 Å². The van der Waals surface area contributed by atoms with Crippen molar-refractivity contribution in [2.75, 3.05) is 49.1 Å². The summed E-state index contributed by atoms with van der Waals surface area (Å²) >= 11 is 0. The molecule has 2 N–H and O–H groups in total. The molecule has 2 aliphatic heterocycles. The maximum absolute atomic E-state index is 12.0. The molecule has 3 fully saturated rings. The summed E-state index contributed by atoms with van der Waals surface area (Å²) in [6.45, 7) is 11.0. The molecule has 4 rings (SSSR count). The van der Waals surface area contributed by atoms with Crippen LogP contribution in [0.15, 0.2) is 18.3 Å². The fourth-order valence-corrected chi connectivity index (χ4v) is 5.02. The van der Waals surface area contributed by atoms with Crippen molar-refractivity contribution >= 4 is 29.5 Å². The van der Waals surface area contributed by atoms with Gasteiger partial charge in [-0.25, -0.2) is 14.6 Å². The number of imide groups is 1. The highest BCUT2D eigenvalue weighted by atomic mass is 16.6. The molecule has 3 aliphatic rings. The number of hydrogen-bond donors (Lipinski definition) is 2. The number of amides is 4. The zero-order valence-electron chi connectivity index (χ0n) is 21.1. The molecule has 0 spiro atoms. The van der Waals surface area contributed by atoms with Gasteiger partial charge in [0, 0.05) is 51.7 Å². The summed E-state index contributed by atoms with van der Waals surface area (Å²) in [6, 6.07) is 3.67. The summed E-state index contributed by atoms with van der Waals surface area (Å²) in [7, 11) is 0. The molecule has 3 heterocycles.